The Morgan fingerprint density at radius 2 is 2.00 bits per heavy atom. The van der Waals surface area contributed by atoms with Crippen LogP contribution < -0.4 is 5.73 Å². The van der Waals surface area contributed by atoms with Gasteiger partial charge < -0.3 is 5.73 Å². The first kappa shape index (κ1) is 11.7. The quantitative estimate of drug-likeness (QED) is 0.890. The summed E-state index contributed by atoms with van der Waals surface area (Å²) in [6.45, 7) is 0.779. The molecule has 17 heavy (non-hydrogen) atoms. The lowest BCUT2D eigenvalue weighted by molar-refractivity contribution is 0.246. The standard InChI is InChI=1S/C14H22N2S/c15-10-14(7-4-8-14)12-9-17-13(16-12)11-5-2-1-3-6-11/h9,11H,1-8,10,15H2. The van der Waals surface area contributed by atoms with Crippen LogP contribution in [0, 0.1) is 0 Å². The van der Waals surface area contributed by atoms with E-state index in [1.807, 2.05) is 11.3 Å². The zero-order valence-electron chi connectivity index (χ0n) is 10.5. The van der Waals surface area contributed by atoms with Crippen LogP contribution in [0.2, 0.25) is 0 Å². The summed E-state index contributed by atoms with van der Waals surface area (Å²) in [6.07, 6.45) is 10.7. The number of nitrogens with zero attached hydrogens (tertiary/aromatic N) is 1. The normalized spacial score (nSPS) is 24.5. The first-order valence-corrected chi connectivity index (χ1v) is 7.88. The van der Waals surface area contributed by atoms with E-state index in [1.165, 1.54) is 62.1 Å². The van der Waals surface area contributed by atoms with Gasteiger partial charge in [0.2, 0.25) is 0 Å². The van der Waals surface area contributed by atoms with E-state index >= 15 is 0 Å². The van der Waals surface area contributed by atoms with Crippen LogP contribution in [0.1, 0.15) is 68.0 Å². The molecule has 3 heteroatoms. The van der Waals surface area contributed by atoms with Crippen molar-refractivity contribution in [3.05, 3.63) is 16.1 Å². The number of hydrogen-bond donors (Lipinski definition) is 1. The topological polar surface area (TPSA) is 38.9 Å². The van der Waals surface area contributed by atoms with Gasteiger partial charge in [-0.3, -0.25) is 0 Å². The second-order valence-electron chi connectivity index (χ2n) is 5.74. The minimum absolute atomic E-state index is 0.253. The van der Waals surface area contributed by atoms with Gasteiger partial charge in [-0.05, 0) is 25.7 Å². The van der Waals surface area contributed by atoms with Gasteiger partial charge >= 0.3 is 0 Å². The predicted molar refractivity (Wildman–Crippen MR) is 72.5 cm³/mol. The summed E-state index contributed by atoms with van der Waals surface area (Å²) in [7, 11) is 0. The van der Waals surface area contributed by atoms with E-state index in [1.54, 1.807) is 0 Å². The van der Waals surface area contributed by atoms with E-state index in [0.717, 1.165) is 12.5 Å². The van der Waals surface area contributed by atoms with Crippen LogP contribution >= 0.6 is 11.3 Å². The average Bonchev–Trinajstić information content (AvgIpc) is 2.80. The van der Waals surface area contributed by atoms with Crippen LogP contribution in [0.15, 0.2) is 5.38 Å². The molecule has 0 radical (unpaired) electrons. The van der Waals surface area contributed by atoms with Crippen LogP contribution in [0.5, 0.6) is 0 Å². The van der Waals surface area contributed by atoms with Crippen molar-refractivity contribution < 1.29 is 0 Å². The molecule has 0 bridgehead atoms. The van der Waals surface area contributed by atoms with Gasteiger partial charge in [-0.15, -0.1) is 11.3 Å². The number of aromatic nitrogens is 1. The average molecular weight is 250 g/mol. The number of thiazole rings is 1. The zero-order valence-corrected chi connectivity index (χ0v) is 11.3. The highest BCUT2D eigenvalue weighted by molar-refractivity contribution is 7.09. The highest BCUT2D eigenvalue weighted by Gasteiger charge is 2.39. The Bertz CT molecular complexity index is 370. The van der Waals surface area contributed by atoms with Crippen molar-refractivity contribution in [2.24, 2.45) is 5.73 Å². The third kappa shape index (κ3) is 2.04. The monoisotopic (exact) mass is 250 g/mol. The van der Waals surface area contributed by atoms with Gasteiger partial charge in [-0.25, -0.2) is 4.98 Å². The van der Waals surface area contributed by atoms with Gasteiger partial charge in [0.1, 0.15) is 0 Å². The fourth-order valence-corrected chi connectivity index (χ4v) is 4.35. The fraction of sp³-hybridized carbons (Fsp3) is 0.786. The molecule has 0 spiro atoms. The first-order valence-electron chi connectivity index (χ1n) is 7.00. The maximum absolute atomic E-state index is 5.95. The fourth-order valence-electron chi connectivity index (χ4n) is 3.24. The molecule has 1 heterocycles. The molecule has 0 saturated heterocycles. The summed E-state index contributed by atoms with van der Waals surface area (Å²) >= 11 is 1.88. The zero-order chi connectivity index (χ0) is 11.7. The van der Waals surface area contributed by atoms with Crippen molar-refractivity contribution in [3.8, 4) is 0 Å². The first-order chi connectivity index (χ1) is 8.34. The molecule has 2 N–H and O–H groups in total. The maximum Gasteiger partial charge on any atom is 0.0959 e. The van der Waals surface area contributed by atoms with Gasteiger partial charge in [0.15, 0.2) is 0 Å². The van der Waals surface area contributed by atoms with E-state index in [2.05, 4.69) is 5.38 Å². The Morgan fingerprint density at radius 1 is 1.24 bits per heavy atom. The van der Waals surface area contributed by atoms with E-state index in [0.29, 0.717) is 0 Å². The SMILES string of the molecule is NCC1(c2csc(C3CCCCC3)n2)CCC1. The molecule has 0 atom stereocenters. The van der Waals surface area contributed by atoms with Gasteiger partial charge in [0.25, 0.3) is 0 Å². The lowest BCUT2D eigenvalue weighted by atomic mass is 9.67. The highest BCUT2D eigenvalue weighted by atomic mass is 32.1. The molecule has 2 aliphatic rings. The predicted octanol–water partition coefficient (Wildman–Crippen LogP) is 3.57. The van der Waals surface area contributed by atoms with Crippen LogP contribution in [-0.2, 0) is 5.41 Å². The molecule has 2 aliphatic carbocycles. The minimum Gasteiger partial charge on any atom is -0.330 e. The van der Waals surface area contributed by atoms with Gasteiger partial charge in [0, 0.05) is 23.3 Å². The molecule has 94 valence electrons. The van der Waals surface area contributed by atoms with E-state index in [4.69, 9.17) is 10.7 Å². The molecule has 2 saturated carbocycles. The maximum atomic E-state index is 5.95. The molecule has 1 aromatic heterocycles. The van der Waals surface area contributed by atoms with Crippen molar-refractivity contribution in [3.63, 3.8) is 0 Å². The van der Waals surface area contributed by atoms with Gasteiger partial charge in [0.05, 0.1) is 10.7 Å². The summed E-state index contributed by atoms with van der Waals surface area (Å²) in [4.78, 5) is 4.94. The van der Waals surface area contributed by atoms with E-state index < -0.39 is 0 Å². The minimum atomic E-state index is 0.253. The largest absolute Gasteiger partial charge is 0.330 e. The van der Waals surface area contributed by atoms with Gasteiger partial charge in [-0.1, -0.05) is 25.7 Å². The van der Waals surface area contributed by atoms with Crippen LogP contribution in [0.3, 0.4) is 0 Å². The molecule has 0 aliphatic heterocycles. The lowest BCUT2D eigenvalue weighted by Gasteiger charge is -2.39. The molecule has 3 rings (SSSR count). The van der Waals surface area contributed by atoms with Crippen molar-refractivity contribution in [1.82, 2.24) is 4.98 Å². The summed E-state index contributed by atoms with van der Waals surface area (Å²) in [5.41, 5.74) is 7.51. The summed E-state index contributed by atoms with van der Waals surface area (Å²) < 4.78 is 0. The van der Waals surface area contributed by atoms with E-state index in [9.17, 15) is 0 Å². The number of rotatable bonds is 3. The third-order valence-electron chi connectivity index (χ3n) is 4.72. The van der Waals surface area contributed by atoms with Gasteiger partial charge in [-0.2, -0.15) is 0 Å². The molecule has 0 amide bonds. The van der Waals surface area contributed by atoms with Crippen molar-refractivity contribution in [1.29, 1.82) is 0 Å². The Kier molecular flexibility index (Phi) is 3.22. The second kappa shape index (κ2) is 4.69. The molecule has 0 aromatic carbocycles. The second-order valence-corrected chi connectivity index (χ2v) is 6.63. The summed E-state index contributed by atoms with van der Waals surface area (Å²) in [6, 6.07) is 0. The lowest BCUT2D eigenvalue weighted by Crippen LogP contribution is -2.41. The van der Waals surface area contributed by atoms with Crippen molar-refractivity contribution in [2.45, 2.75) is 62.7 Å². The summed E-state index contributed by atoms with van der Waals surface area (Å²) in [5, 5.41) is 3.68. The molecule has 0 unspecified atom stereocenters. The van der Waals surface area contributed by atoms with Crippen LogP contribution in [-0.4, -0.2) is 11.5 Å². The molecule has 2 fully saturated rings. The molecular weight excluding hydrogens is 228 g/mol. The van der Waals surface area contributed by atoms with Crippen molar-refractivity contribution >= 4 is 11.3 Å². The number of hydrogen-bond acceptors (Lipinski definition) is 3. The van der Waals surface area contributed by atoms with E-state index in [-0.39, 0.29) is 5.41 Å². The van der Waals surface area contributed by atoms with Crippen molar-refractivity contribution in [2.75, 3.05) is 6.54 Å². The Labute approximate surface area is 108 Å². The summed E-state index contributed by atoms with van der Waals surface area (Å²) in [5.74, 6) is 0.748. The molecule has 2 nitrogen and oxygen atoms in total. The third-order valence-corrected chi connectivity index (χ3v) is 5.73. The van der Waals surface area contributed by atoms with Crippen LogP contribution in [0.4, 0.5) is 0 Å². The van der Waals surface area contributed by atoms with Crippen LogP contribution in [0.25, 0.3) is 0 Å². The smallest absolute Gasteiger partial charge is 0.0959 e. The Balaban J connectivity index is 1.77. The highest BCUT2D eigenvalue weighted by Crippen LogP contribution is 2.44. The molecule has 1 aromatic rings. The number of nitrogens with two attached hydrogens (primary N) is 1. The Hall–Kier alpha value is -0.410. The Morgan fingerprint density at radius 3 is 2.59 bits per heavy atom. The molecular formula is C14H22N2S.